The second-order valence-corrected chi connectivity index (χ2v) is 5.56. The molecular weight excluding hydrogens is 272 g/mol. The lowest BCUT2D eigenvalue weighted by Crippen LogP contribution is -2.09. The van der Waals surface area contributed by atoms with Gasteiger partial charge in [-0.2, -0.15) is 0 Å². The zero-order chi connectivity index (χ0) is 15.6. The zero-order valence-corrected chi connectivity index (χ0v) is 13.3. The summed E-state index contributed by atoms with van der Waals surface area (Å²) in [7, 11) is 0. The molecule has 0 radical (unpaired) electrons. The number of hydrogen-bond donors (Lipinski definition) is 0. The highest BCUT2D eigenvalue weighted by Crippen LogP contribution is 2.10. The average molecular weight is 296 g/mol. The molecule has 116 valence electrons. The van der Waals surface area contributed by atoms with E-state index in [0.717, 1.165) is 17.5 Å². The number of carbonyl (C=O) groups excluding carboxylic acids is 1. The van der Waals surface area contributed by atoms with Gasteiger partial charge in [0.15, 0.2) is 5.78 Å². The number of hydrogen-bond acceptors (Lipinski definition) is 2. The smallest absolute Gasteiger partial charge is 0.188 e. The van der Waals surface area contributed by atoms with Crippen molar-refractivity contribution in [3.05, 3.63) is 71.3 Å². The van der Waals surface area contributed by atoms with Crippen LogP contribution in [-0.4, -0.2) is 12.4 Å². The third-order valence-corrected chi connectivity index (χ3v) is 3.69. The Morgan fingerprint density at radius 1 is 0.909 bits per heavy atom. The predicted octanol–water partition coefficient (Wildman–Crippen LogP) is 4.82. The molecule has 0 amide bonds. The lowest BCUT2D eigenvalue weighted by Gasteiger charge is -2.05. The SMILES string of the molecule is CCCCCc1ccc(C(=O)COCc2ccccc2)cc1. The van der Waals surface area contributed by atoms with Gasteiger partial charge in [-0.05, 0) is 24.0 Å². The molecule has 0 aromatic heterocycles. The Bertz CT molecular complexity index is 558. The first-order valence-electron chi connectivity index (χ1n) is 8.03. The Hall–Kier alpha value is -1.93. The number of carbonyl (C=O) groups is 1. The lowest BCUT2D eigenvalue weighted by molar-refractivity contribution is 0.0726. The molecule has 22 heavy (non-hydrogen) atoms. The molecule has 0 atom stereocenters. The van der Waals surface area contributed by atoms with Gasteiger partial charge in [0.05, 0.1) is 6.61 Å². The highest BCUT2D eigenvalue weighted by molar-refractivity contribution is 5.97. The normalized spacial score (nSPS) is 10.6. The molecule has 0 saturated heterocycles. The summed E-state index contributed by atoms with van der Waals surface area (Å²) in [6.45, 7) is 2.81. The van der Waals surface area contributed by atoms with Crippen molar-refractivity contribution in [2.75, 3.05) is 6.61 Å². The minimum absolute atomic E-state index is 0.0380. The Balaban J connectivity index is 1.77. The van der Waals surface area contributed by atoms with Gasteiger partial charge in [0, 0.05) is 5.56 Å². The van der Waals surface area contributed by atoms with Crippen LogP contribution in [-0.2, 0) is 17.8 Å². The van der Waals surface area contributed by atoms with E-state index in [-0.39, 0.29) is 12.4 Å². The quantitative estimate of drug-likeness (QED) is 0.490. The third-order valence-electron chi connectivity index (χ3n) is 3.69. The fourth-order valence-electron chi connectivity index (χ4n) is 2.36. The van der Waals surface area contributed by atoms with Crippen LogP contribution in [0.1, 0.15) is 47.7 Å². The third kappa shape index (κ3) is 5.45. The molecular formula is C20H24O2. The topological polar surface area (TPSA) is 26.3 Å². The Morgan fingerprint density at radius 3 is 2.32 bits per heavy atom. The van der Waals surface area contributed by atoms with Crippen molar-refractivity contribution in [3.8, 4) is 0 Å². The van der Waals surface area contributed by atoms with Gasteiger partial charge in [-0.25, -0.2) is 0 Å². The van der Waals surface area contributed by atoms with Crippen molar-refractivity contribution in [1.82, 2.24) is 0 Å². The maximum absolute atomic E-state index is 12.1. The summed E-state index contributed by atoms with van der Waals surface area (Å²) in [4.78, 5) is 12.1. The van der Waals surface area contributed by atoms with Crippen LogP contribution in [0.2, 0.25) is 0 Å². The van der Waals surface area contributed by atoms with Gasteiger partial charge < -0.3 is 4.74 Å². The van der Waals surface area contributed by atoms with Crippen molar-refractivity contribution >= 4 is 5.78 Å². The summed E-state index contributed by atoms with van der Waals surface area (Å²) >= 11 is 0. The molecule has 0 spiro atoms. The van der Waals surface area contributed by atoms with E-state index in [1.807, 2.05) is 42.5 Å². The van der Waals surface area contributed by atoms with Crippen molar-refractivity contribution < 1.29 is 9.53 Å². The van der Waals surface area contributed by atoms with Gasteiger partial charge in [-0.3, -0.25) is 4.79 Å². The average Bonchev–Trinajstić information content (AvgIpc) is 2.56. The van der Waals surface area contributed by atoms with Gasteiger partial charge >= 0.3 is 0 Å². The first-order chi connectivity index (χ1) is 10.8. The Morgan fingerprint density at radius 2 is 1.64 bits per heavy atom. The molecule has 0 aliphatic carbocycles. The molecule has 2 heteroatoms. The van der Waals surface area contributed by atoms with Crippen molar-refractivity contribution in [2.24, 2.45) is 0 Å². The molecule has 0 aliphatic heterocycles. The first kappa shape index (κ1) is 16.4. The molecule has 0 heterocycles. The van der Waals surface area contributed by atoms with Gasteiger partial charge in [-0.1, -0.05) is 74.4 Å². The molecule has 0 saturated carbocycles. The standard InChI is InChI=1S/C20H24O2/c1-2-3-5-8-17-11-13-19(14-12-17)20(21)16-22-15-18-9-6-4-7-10-18/h4,6-7,9-14H,2-3,5,8,15-16H2,1H3. The van der Waals surface area contributed by atoms with Crippen LogP contribution in [0.25, 0.3) is 0 Å². The van der Waals surface area contributed by atoms with Crippen LogP contribution >= 0.6 is 0 Å². The van der Waals surface area contributed by atoms with E-state index in [1.165, 1.54) is 24.8 Å². The number of aryl methyl sites for hydroxylation is 1. The van der Waals surface area contributed by atoms with Gasteiger partial charge in [0.2, 0.25) is 0 Å². The van der Waals surface area contributed by atoms with Gasteiger partial charge in [0.25, 0.3) is 0 Å². The molecule has 0 unspecified atom stereocenters. The summed E-state index contributed by atoms with van der Waals surface area (Å²) in [6.07, 6.45) is 4.79. The van der Waals surface area contributed by atoms with Gasteiger partial charge in [-0.15, -0.1) is 0 Å². The maximum atomic E-state index is 12.1. The monoisotopic (exact) mass is 296 g/mol. The number of Topliss-reactive ketones (excluding diaryl/α,β-unsaturated/α-hetero) is 1. The summed E-state index contributed by atoms with van der Waals surface area (Å²) in [5.41, 5.74) is 3.11. The van der Waals surface area contributed by atoms with E-state index in [1.54, 1.807) is 0 Å². The first-order valence-corrected chi connectivity index (χ1v) is 8.03. The second-order valence-electron chi connectivity index (χ2n) is 5.56. The summed E-state index contributed by atoms with van der Waals surface area (Å²) in [5.74, 6) is 0.0380. The van der Waals surface area contributed by atoms with Crippen LogP contribution in [0.15, 0.2) is 54.6 Å². The molecule has 2 aromatic carbocycles. The highest BCUT2D eigenvalue weighted by Gasteiger charge is 2.06. The number of rotatable bonds is 9. The van der Waals surface area contributed by atoms with Crippen molar-refractivity contribution in [1.29, 1.82) is 0 Å². The largest absolute Gasteiger partial charge is 0.369 e. The number of benzene rings is 2. The minimum atomic E-state index is 0.0380. The van der Waals surface area contributed by atoms with Crippen LogP contribution in [0.5, 0.6) is 0 Å². The van der Waals surface area contributed by atoms with E-state index in [9.17, 15) is 4.79 Å². The highest BCUT2D eigenvalue weighted by atomic mass is 16.5. The maximum Gasteiger partial charge on any atom is 0.188 e. The molecule has 2 aromatic rings. The summed E-state index contributed by atoms with van der Waals surface area (Å²) in [6, 6.07) is 17.8. The lowest BCUT2D eigenvalue weighted by atomic mass is 10.0. The molecule has 0 aliphatic rings. The Labute approximate surface area is 133 Å². The van der Waals surface area contributed by atoms with E-state index in [2.05, 4.69) is 19.1 Å². The van der Waals surface area contributed by atoms with E-state index >= 15 is 0 Å². The van der Waals surface area contributed by atoms with Gasteiger partial charge in [0.1, 0.15) is 6.61 Å². The fourth-order valence-corrected chi connectivity index (χ4v) is 2.36. The molecule has 2 nitrogen and oxygen atoms in total. The predicted molar refractivity (Wildman–Crippen MR) is 90.1 cm³/mol. The molecule has 0 N–H and O–H groups in total. The van der Waals surface area contributed by atoms with E-state index in [0.29, 0.717) is 6.61 Å². The molecule has 0 bridgehead atoms. The zero-order valence-electron chi connectivity index (χ0n) is 13.3. The van der Waals surface area contributed by atoms with Crippen LogP contribution in [0, 0.1) is 0 Å². The van der Waals surface area contributed by atoms with E-state index < -0.39 is 0 Å². The Kier molecular flexibility index (Phi) is 6.85. The fraction of sp³-hybridized carbons (Fsp3) is 0.350. The van der Waals surface area contributed by atoms with Crippen LogP contribution in [0.3, 0.4) is 0 Å². The minimum Gasteiger partial charge on any atom is -0.369 e. The van der Waals surface area contributed by atoms with Crippen LogP contribution < -0.4 is 0 Å². The number of ether oxygens (including phenoxy) is 1. The summed E-state index contributed by atoms with van der Waals surface area (Å²) < 4.78 is 5.50. The van der Waals surface area contributed by atoms with Crippen molar-refractivity contribution in [3.63, 3.8) is 0 Å². The molecule has 0 fully saturated rings. The van der Waals surface area contributed by atoms with Crippen LogP contribution in [0.4, 0.5) is 0 Å². The summed E-state index contributed by atoms with van der Waals surface area (Å²) in [5, 5.41) is 0. The number of unbranched alkanes of at least 4 members (excludes halogenated alkanes) is 2. The number of ketones is 1. The molecule has 2 rings (SSSR count). The van der Waals surface area contributed by atoms with E-state index in [4.69, 9.17) is 4.74 Å². The van der Waals surface area contributed by atoms with Crippen molar-refractivity contribution in [2.45, 2.75) is 39.2 Å². The second kappa shape index (κ2) is 9.16.